The zero-order valence-corrected chi connectivity index (χ0v) is 13.8. The molecule has 1 atom stereocenters. The summed E-state index contributed by atoms with van der Waals surface area (Å²) in [5, 5.41) is 3.86. The SMILES string of the molecule is CCOC(=O)C(NC(=O)CCn1ccc2ccncc21)C(C)C. The third-order valence-corrected chi connectivity index (χ3v) is 3.68. The smallest absolute Gasteiger partial charge is 0.328 e. The number of nitrogens with one attached hydrogen (secondary N) is 1. The van der Waals surface area contributed by atoms with Gasteiger partial charge in [-0.3, -0.25) is 9.78 Å². The van der Waals surface area contributed by atoms with E-state index in [1.54, 1.807) is 19.3 Å². The number of aryl methyl sites for hydroxylation is 1. The molecule has 6 nitrogen and oxygen atoms in total. The molecule has 2 aromatic heterocycles. The van der Waals surface area contributed by atoms with Gasteiger partial charge in [0.2, 0.25) is 5.91 Å². The standard InChI is InChI=1S/C17H23N3O3/c1-4-23-17(22)16(12(2)3)19-15(21)7-10-20-9-6-13-5-8-18-11-14(13)20/h5-6,8-9,11-12,16H,4,7,10H2,1-3H3,(H,19,21). The fraction of sp³-hybridized carbons (Fsp3) is 0.471. The van der Waals surface area contributed by atoms with Crippen LogP contribution in [0.15, 0.2) is 30.7 Å². The highest BCUT2D eigenvalue weighted by Crippen LogP contribution is 2.14. The number of pyridine rings is 1. The van der Waals surface area contributed by atoms with Crippen molar-refractivity contribution >= 4 is 22.8 Å². The van der Waals surface area contributed by atoms with Gasteiger partial charge in [0.05, 0.1) is 18.3 Å². The Morgan fingerprint density at radius 1 is 1.35 bits per heavy atom. The van der Waals surface area contributed by atoms with Crippen LogP contribution in [0.4, 0.5) is 0 Å². The summed E-state index contributed by atoms with van der Waals surface area (Å²) in [6, 6.07) is 3.32. The summed E-state index contributed by atoms with van der Waals surface area (Å²) in [5.41, 5.74) is 0.992. The van der Waals surface area contributed by atoms with Gasteiger partial charge in [0, 0.05) is 30.7 Å². The van der Waals surface area contributed by atoms with Crippen LogP contribution in [0, 0.1) is 5.92 Å². The van der Waals surface area contributed by atoms with Gasteiger partial charge in [0.1, 0.15) is 6.04 Å². The lowest BCUT2D eigenvalue weighted by atomic mass is 10.0. The van der Waals surface area contributed by atoms with Crippen LogP contribution < -0.4 is 5.32 Å². The summed E-state index contributed by atoms with van der Waals surface area (Å²) in [4.78, 5) is 28.1. The Hall–Kier alpha value is -2.37. The van der Waals surface area contributed by atoms with Crippen LogP contribution in [0.25, 0.3) is 10.9 Å². The molecule has 0 spiro atoms. The lowest BCUT2D eigenvalue weighted by Crippen LogP contribution is -2.45. The number of carbonyl (C=O) groups is 2. The molecule has 23 heavy (non-hydrogen) atoms. The van der Waals surface area contributed by atoms with E-state index in [1.807, 2.05) is 36.7 Å². The van der Waals surface area contributed by atoms with Crippen molar-refractivity contribution in [1.82, 2.24) is 14.9 Å². The topological polar surface area (TPSA) is 73.2 Å². The van der Waals surface area contributed by atoms with Gasteiger partial charge in [0.25, 0.3) is 0 Å². The molecule has 0 fully saturated rings. The first-order valence-electron chi connectivity index (χ1n) is 7.87. The summed E-state index contributed by atoms with van der Waals surface area (Å²) >= 11 is 0. The van der Waals surface area contributed by atoms with Gasteiger partial charge in [-0.2, -0.15) is 0 Å². The molecule has 1 amide bonds. The molecule has 0 bridgehead atoms. The number of hydrogen-bond donors (Lipinski definition) is 1. The van der Waals surface area contributed by atoms with Gasteiger partial charge in [-0.25, -0.2) is 4.79 Å². The van der Waals surface area contributed by atoms with Gasteiger partial charge in [-0.15, -0.1) is 0 Å². The number of amides is 1. The molecule has 0 saturated heterocycles. The first-order chi connectivity index (χ1) is 11.0. The molecular weight excluding hydrogens is 294 g/mol. The van der Waals surface area contributed by atoms with Crippen molar-refractivity contribution in [3.8, 4) is 0 Å². The van der Waals surface area contributed by atoms with Crippen LogP contribution in [0.2, 0.25) is 0 Å². The Morgan fingerprint density at radius 2 is 2.13 bits per heavy atom. The minimum absolute atomic E-state index is 0.0189. The molecule has 2 aromatic rings. The molecule has 6 heteroatoms. The Morgan fingerprint density at radius 3 is 2.83 bits per heavy atom. The first-order valence-corrected chi connectivity index (χ1v) is 7.87. The minimum atomic E-state index is -0.606. The van der Waals surface area contributed by atoms with Gasteiger partial charge in [-0.05, 0) is 25.0 Å². The third kappa shape index (κ3) is 4.31. The van der Waals surface area contributed by atoms with Crippen LogP contribution in [0.3, 0.4) is 0 Å². The van der Waals surface area contributed by atoms with E-state index in [1.165, 1.54) is 0 Å². The molecule has 2 heterocycles. The van der Waals surface area contributed by atoms with E-state index < -0.39 is 6.04 Å². The molecule has 1 N–H and O–H groups in total. The quantitative estimate of drug-likeness (QED) is 0.794. The van der Waals surface area contributed by atoms with Crippen molar-refractivity contribution in [2.75, 3.05) is 6.61 Å². The van der Waals surface area contributed by atoms with Gasteiger partial charge >= 0.3 is 5.97 Å². The number of fused-ring (bicyclic) bond motifs is 1. The third-order valence-electron chi connectivity index (χ3n) is 3.68. The molecule has 0 aliphatic heterocycles. The number of nitrogens with zero attached hydrogens (tertiary/aromatic N) is 2. The maximum Gasteiger partial charge on any atom is 0.328 e. The van der Waals surface area contributed by atoms with Crippen LogP contribution in [0.1, 0.15) is 27.2 Å². The predicted octanol–water partition coefficient (Wildman–Crippen LogP) is 2.13. The Labute approximate surface area is 135 Å². The first kappa shape index (κ1) is 17.0. The summed E-state index contributed by atoms with van der Waals surface area (Å²) in [6.45, 7) is 6.36. The summed E-state index contributed by atoms with van der Waals surface area (Å²) in [7, 11) is 0. The lowest BCUT2D eigenvalue weighted by Gasteiger charge is -2.20. The van der Waals surface area contributed by atoms with Gasteiger partial charge < -0.3 is 14.6 Å². The zero-order valence-electron chi connectivity index (χ0n) is 13.8. The second-order valence-electron chi connectivity index (χ2n) is 5.73. The Bertz CT molecular complexity index is 679. The van der Waals surface area contributed by atoms with Crippen LogP contribution >= 0.6 is 0 Å². The number of carbonyl (C=O) groups excluding carboxylic acids is 2. The van der Waals surface area contributed by atoms with E-state index in [9.17, 15) is 9.59 Å². The van der Waals surface area contributed by atoms with E-state index in [4.69, 9.17) is 4.74 Å². The largest absolute Gasteiger partial charge is 0.464 e. The normalized spacial score (nSPS) is 12.3. The van der Waals surface area contributed by atoms with Crippen LogP contribution in [-0.4, -0.2) is 34.1 Å². The maximum atomic E-state index is 12.2. The molecule has 0 aromatic carbocycles. The molecule has 0 saturated carbocycles. The van der Waals surface area contributed by atoms with Crippen molar-refractivity contribution in [3.63, 3.8) is 0 Å². The van der Waals surface area contributed by atoms with Crippen LogP contribution in [0.5, 0.6) is 0 Å². The lowest BCUT2D eigenvalue weighted by molar-refractivity contribution is -0.148. The zero-order chi connectivity index (χ0) is 16.8. The number of ether oxygens (including phenoxy) is 1. The molecule has 0 radical (unpaired) electrons. The fourth-order valence-corrected chi connectivity index (χ4v) is 2.42. The van der Waals surface area contributed by atoms with E-state index in [0.717, 1.165) is 10.9 Å². The molecule has 124 valence electrons. The van der Waals surface area contributed by atoms with E-state index >= 15 is 0 Å². The van der Waals surface area contributed by atoms with E-state index in [-0.39, 0.29) is 17.8 Å². The predicted molar refractivity (Wildman–Crippen MR) is 87.8 cm³/mol. The highest BCUT2D eigenvalue weighted by Gasteiger charge is 2.25. The Balaban J connectivity index is 1.94. The number of aromatic nitrogens is 2. The average Bonchev–Trinajstić information content (AvgIpc) is 2.93. The fourth-order valence-electron chi connectivity index (χ4n) is 2.42. The summed E-state index contributed by atoms with van der Waals surface area (Å²) in [6.07, 6.45) is 5.75. The highest BCUT2D eigenvalue weighted by atomic mass is 16.5. The minimum Gasteiger partial charge on any atom is -0.464 e. The Kier molecular flexibility index (Phi) is 5.73. The number of esters is 1. The number of hydrogen-bond acceptors (Lipinski definition) is 4. The molecule has 0 aliphatic carbocycles. The van der Waals surface area contributed by atoms with Crippen molar-refractivity contribution in [2.24, 2.45) is 5.92 Å². The van der Waals surface area contributed by atoms with E-state index in [0.29, 0.717) is 19.6 Å². The van der Waals surface area contributed by atoms with Crippen LogP contribution in [-0.2, 0) is 20.9 Å². The van der Waals surface area contributed by atoms with Crippen molar-refractivity contribution in [2.45, 2.75) is 39.8 Å². The van der Waals surface area contributed by atoms with Crippen molar-refractivity contribution in [3.05, 3.63) is 30.7 Å². The van der Waals surface area contributed by atoms with Gasteiger partial charge in [-0.1, -0.05) is 13.8 Å². The monoisotopic (exact) mass is 317 g/mol. The average molecular weight is 317 g/mol. The van der Waals surface area contributed by atoms with Crippen molar-refractivity contribution in [1.29, 1.82) is 0 Å². The maximum absolute atomic E-state index is 12.2. The summed E-state index contributed by atoms with van der Waals surface area (Å²) < 4.78 is 6.99. The second-order valence-corrected chi connectivity index (χ2v) is 5.73. The molecule has 0 aliphatic rings. The molecule has 2 rings (SSSR count). The highest BCUT2D eigenvalue weighted by molar-refractivity contribution is 5.85. The van der Waals surface area contributed by atoms with E-state index in [2.05, 4.69) is 10.3 Å². The van der Waals surface area contributed by atoms with Crippen molar-refractivity contribution < 1.29 is 14.3 Å². The molecular formula is C17H23N3O3. The van der Waals surface area contributed by atoms with Gasteiger partial charge in [0.15, 0.2) is 0 Å². The number of rotatable bonds is 7. The molecule has 1 unspecified atom stereocenters. The summed E-state index contributed by atoms with van der Waals surface area (Å²) in [5.74, 6) is -0.566. The second kappa shape index (κ2) is 7.76.